The van der Waals surface area contributed by atoms with Crippen molar-refractivity contribution in [3.8, 4) is 16.8 Å². The van der Waals surface area contributed by atoms with E-state index in [-0.39, 0.29) is 11.2 Å². The number of aromatic nitrogens is 3. The first-order chi connectivity index (χ1) is 15.2. The molecule has 3 heterocycles. The second-order valence-corrected chi connectivity index (χ2v) is 11.4. The lowest BCUT2D eigenvalue weighted by Crippen LogP contribution is -2.23. The van der Waals surface area contributed by atoms with Crippen molar-refractivity contribution in [3.05, 3.63) is 33.5 Å². The number of hydrogen-bond donors (Lipinski definition) is 1. The summed E-state index contributed by atoms with van der Waals surface area (Å²) in [6, 6.07) is 6.84. The topological polar surface area (TPSA) is 83.6 Å². The zero-order valence-corrected chi connectivity index (χ0v) is 19.7. The number of nitrogens with zero attached hydrogens (tertiary/aromatic N) is 4. The minimum atomic E-state index is -0.341. The summed E-state index contributed by atoms with van der Waals surface area (Å²) >= 11 is 4.67. The predicted octanol–water partition coefficient (Wildman–Crippen LogP) is 5.66. The van der Waals surface area contributed by atoms with Gasteiger partial charge in [0.2, 0.25) is 5.91 Å². The summed E-state index contributed by atoms with van der Waals surface area (Å²) in [6.45, 7) is 1.89. The third-order valence-corrected chi connectivity index (χ3v) is 8.87. The number of nitriles is 1. The maximum atomic E-state index is 13.0. The second kappa shape index (κ2) is 8.77. The highest BCUT2D eigenvalue weighted by molar-refractivity contribution is 8.00. The van der Waals surface area contributed by atoms with Crippen LogP contribution in [0.1, 0.15) is 61.1 Å². The van der Waals surface area contributed by atoms with Crippen LogP contribution in [-0.4, -0.2) is 25.9 Å². The molecule has 1 N–H and O–H groups in total. The lowest BCUT2D eigenvalue weighted by atomic mass is 10.1. The lowest BCUT2D eigenvalue weighted by Gasteiger charge is -2.13. The van der Waals surface area contributed by atoms with Crippen molar-refractivity contribution in [2.45, 2.75) is 68.3 Å². The van der Waals surface area contributed by atoms with Crippen LogP contribution in [0.25, 0.3) is 10.7 Å². The lowest BCUT2D eigenvalue weighted by molar-refractivity contribution is -0.115. The van der Waals surface area contributed by atoms with Gasteiger partial charge in [-0.1, -0.05) is 24.2 Å². The highest BCUT2D eigenvalue weighted by Gasteiger charge is 2.32. The van der Waals surface area contributed by atoms with Crippen LogP contribution in [0.15, 0.2) is 22.7 Å². The molecular formula is C22H23N5OS3. The van der Waals surface area contributed by atoms with Crippen molar-refractivity contribution in [1.29, 1.82) is 5.26 Å². The first-order valence-corrected chi connectivity index (χ1v) is 13.2. The molecule has 1 saturated carbocycles. The number of hydrogen-bond acceptors (Lipinski definition) is 7. The van der Waals surface area contributed by atoms with E-state index in [0.717, 1.165) is 59.9 Å². The Hall–Kier alpha value is -2.15. The van der Waals surface area contributed by atoms with Crippen LogP contribution in [-0.2, 0) is 17.6 Å². The summed E-state index contributed by atoms with van der Waals surface area (Å²) in [4.78, 5) is 15.4. The minimum absolute atomic E-state index is 0.0964. The standard InChI is InChI=1S/C22H23N5OS3/c1-13(20(28)24-21-16(12-23)15-6-3-2-4-7-17(15)31-21)30-22-26-25-19(18-8-5-11-29-18)27(22)14-9-10-14/h5,8,11,13-14H,2-4,6-7,9-10H2,1H3,(H,24,28)/t13-/m0/s1. The van der Waals surface area contributed by atoms with E-state index in [9.17, 15) is 10.1 Å². The summed E-state index contributed by atoms with van der Waals surface area (Å²) in [5.74, 6) is 0.794. The van der Waals surface area contributed by atoms with Gasteiger partial charge in [-0.25, -0.2) is 0 Å². The third-order valence-electron chi connectivity index (χ3n) is 5.74. The molecule has 2 aliphatic carbocycles. The van der Waals surface area contributed by atoms with Crippen LogP contribution in [0.4, 0.5) is 5.00 Å². The van der Waals surface area contributed by atoms with Gasteiger partial charge in [-0.2, -0.15) is 5.26 Å². The largest absolute Gasteiger partial charge is 0.316 e. The van der Waals surface area contributed by atoms with Crippen molar-refractivity contribution in [1.82, 2.24) is 14.8 Å². The number of anilines is 1. The third kappa shape index (κ3) is 4.16. The summed E-state index contributed by atoms with van der Waals surface area (Å²) in [5.41, 5.74) is 1.81. The number of aryl methyl sites for hydroxylation is 1. The second-order valence-electron chi connectivity index (χ2n) is 8.01. The van der Waals surface area contributed by atoms with Crippen molar-refractivity contribution in [2.75, 3.05) is 5.32 Å². The molecular weight excluding hydrogens is 446 g/mol. The molecule has 0 aliphatic heterocycles. The molecule has 0 radical (unpaired) electrons. The molecule has 5 rings (SSSR count). The van der Waals surface area contributed by atoms with Crippen LogP contribution in [0.3, 0.4) is 0 Å². The zero-order chi connectivity index (χ0) is 21.4. The molecule has 9 heteroatoms. The number of rotatable bonds is 6. The normalized spacial score (nSPS) is 16.9. The number of fused-ring (bicyclic) bond motifs is 1. The van der Waals surface area contributed by atoms with Crippen LogP contribution in [0, 0.1) is 11.3 Å². The van der Waals surface area contributed by atoms with E-state index in [4.69, 9.17) is 0 Å². The number of nitrogens with one attached hydrogen (secondary N) is 1. The van der Waals surface area contributed by atoms with E-state index in [1.54, 1.807) is 22.7 Å². The number of carbonyl (C=O) groups excluding carboxylic acids is 1. The number of thiophene rings is 2. The summed E-state index contributed by atoms with van der Waals surface area (Å²) in [7, 11) is 0. The SMILES string of the molecule is C[C@H](Sc1nnc(-c2cccs2)n1C1CC1)C(=O)Nc1sc2c(c1C#N)CCCCC2. The molecule has 0 bridgehead atoms. The molecule has 1 fully saturated rings. The molecule has 1 atom stereocenters. The van der Waals surface area contributed by atoms with E-state index in [1.807, 2.05) is 18.4 Å². The summed E-state index contributed by atoms with van der Waals surface area (Å²) < 4.78 is 2.19. The molecule has 0 aromatic carbocycles. The average Bonchev–Trinajstić information content (AvgIpc) is 3.23. The van der Waals surface area contributed by atoms with Gasteiger partial charge in [-0.3, -0.25) is 9.36 Å². The van der Waals surface area contributed by atoms with Crippen LogP contribution >= 0.6 is 34.4 Å². The van der Waals surface area contributed by atoms with Crippen LogP contribution < -0.4 is 5.32 Å². The Labute approximate surface area is 193 Å². The van der Waals surface area contributed by atoms with E-state index < -0.39 is 0 Å². The molecule has 2 aliphatic rings. The van der Waals surface area contributed by atoms with E-state index >= 15 is 0 Å². The van der Waals surface area contributed by atoms with Gasteiger partial charge < -0.3 is 5.32 Å². The Morgan fingerprint density at radius 2 is 2.16 bits per heavy atom. The molecule has 0 unspecified atom stereocenters. The summed E-state index contributed by atoms with van der Waals surface area (Å²) in [5, 5.41) is 24.8. The van der Waals surface area contributed by atoms with E-state index in [2.05, 4.69) is 32.2 Å². The molecule has 6 nitrogen and oxygen atoms in total. The Balaban J connectivity index is 1.34. The number of amides is 1. The fourth-order valence-electron chi connectivity index (χ4n) is 3.97. The van der Waals surface area contributed by atoms with Crippen LogP contribution in [0.2, 0.25) is 0 Å². The van der Waals surface area contributed by atoms with Gasteiger partial charge in [0.25, 0.3) is 0 Å². The molecule has 0 saturated heterocycles. The van der Waals surface area contributed by atoms with Crippen molar-refractivity contribution in [2.24, 2.45) is 0 Å². The van der Waals surface area contributed by atoms with Crippen LogP contribution in [0.5, 0.6) is 0 Å². The Kier molecular flexibility index (Phi) is 5.87. The average molecular weight is 470 g/mol. The predicted molar refractivity (Wildman–Crippen MR) is 126 cm³/mol. The molecule has 0 spiro atoms. The number of carbonyl (C=O) groups is 1. The fourth-order valence-corrected chi connectivity index (χ4v) is 6.83. The van der Waals surface area contributed by atoms with Gasteiger partial charge in [-0.15, -0.1) is 32.9 Å². The van der Waals surface area contributed by atoms with Gasteiger partial charge >= 0.3 is 0 Å². The summed E-state index contributed by atoms with van der Waals surface area (Å²) in [6.07, 6.45) is 7.66. The minimum Gasteiger partial charge on any atom is -0.316 e. The zero-order valence-electron chi connectivity index (χ0n) is 17.3. The van der Waals surface area contributed by atoms with Crippen molar-refractivity contribution >= 4 is 45.3 Å². The molecule has 160 valence electrons. The Bertz CT molecular complexity index is 1140. The maximum absolute atomic E-state index is 13.0. The van der Waals surface area contributed by atoms with Gasteiger partial charge in [0.1, 0.15) is 11.1 Å². The smallest absolute Gasteiger partial charge is 0.238 e. The van der Waals surface area contributed by atoms with Gasteiger partial charge in [-0.05, 0) is 62.5 Å². The molecule has 31 heavy (non-hydrogen) atoms. The first-order valence-electron chi connectivity index (χ1n) is 10.7. The van der Waals surface area contributed by atoms with Crippen molar-refractivity contribution < 1.29 is 4.79 Å². The first kappa shape index (κ1) is 20.7. The van der Waals surface area contributed by atoms with Gasteiger partial charge in [0.05, 0.1) is 15.7 Å². The molecule has 3 aromatic heterocycles. The fraction of sp³-hybridized carbons (Fsp3) is 0.455. The van der Waals surface area contributed by atoms with E-state index in [1.165, 1.54) is 23.1 Å². The maximum Gasteiger partial charge on any atom is 0.238 e. The monoisotopic (exact) mass is 469 g/mol. The van der Waals surface area contributed by atoms with E-state index in [0.29, 0.717) is 16.6 Å². The Morgan fingerprint density at radius 3 is 2.90 bits per heavy atom. The molecule has 1 amide bonds. The van der Waals surface area contributed by atoms with Gasteiger partial charge in [0.15, 0.2) is 11.0 Å². The molecule has 3 aromatic rings. The van der Waals surface area contributed by atoms with Crippen molar-refractivity contribution in [3.63, 3.8) is 0 Å². The Morgan fingerprint density at radius 1 is 1.32 bits per heavy atom. The van der Waals surface area contributed by atoms with Gasteiger partial charge in [0, 0.05) is 10.9 Å². The number of thioether (sulfide) groups is 1. The highest BCUT2D eigenvalue weighted by atomic mass is 32.2. The quantitative estimate of drug-likeness (QED) is 0.372. The highest BCUT2D eigenvalue weighted by Crippen LogP contribution is 2.43.